The molecule has 0 atom stereocenters. The zero-order valence-electron chi connectivity index (χ0n) is 11.7. The molecule has 0 amide bonds. The van der Waals surface area contributed by atoms with Gasteiger partial charge in [-0.2, -0.15) is 0 Å². The number of ether oxygens (including phenoxy) is 1. The lowest BCUT2D eigenvalue weighted by atomic mass is 9.90. The Morgan fingerprint density at radius 2 is 2.15 bits per heavy atom. The number of Topliss-reactive ketones (excluding diaryl/α,β-unsaturated/α-hetero) is 1. The molecule has 1 aliphatic rings. The second kappa shape index (κ2) is 5.07. The summed E-state index contributed by atoms with van der Waals surface area (Å²) in [5.74, 6) is 2.54. The molecule has 5 nitrogen and oxygen atoms in total. The van der Waals surface area contributed by atoms with Gasteiger partial charge >= 0.3 is 0 Å². The summed E-state index contributed by atoms with van der Waals surface area (Å²) in [6.45, 7) is 2.25. The second-order valence-corrected chi connectivity index (χ2v) is 5.11. The van der Waals surface area contributed by atoms with Gasteiger partial charge in [-0.15, -0.1) is 10.2 Å². The molecular weight excluding hydrogens is 254 g/mol. The molecule has 1 aromatic heterocycles. The molecular formula is C15H17N3O2. The number of aryl methyl sites for hydroxylation is 2. The van der Waals surface area contributed by atoms with Crippen molar-refractivity contribution in [1.29, 1.82) is 0 Å². The number of hydrogen-bond acceptors (Lipinski definition) is 4. The first-order chi connectivity index (χ1) is 9.65. The van der Waals surface area contributed by atoms with Crippen LogP contribution in [0.5, 0.6) is 5.75 Å². The summed E-state index contributed by atoms with van der Waals surface area (Å²) in [4.78, 5) is 11.9. The Kier molecular flexibility index (Phi) is 3.26. The first-order valence-electron chi connectivity index (χ1n) is 6.79. The Labute approximate surface area is 117 Å². The third kappa shape index (κ3) is 2.31. The van der Waals surface area contributed by atoms with Gasteiger partial charge < -0.3 is 9.30 Å². The molecule has 0 spiro atoms. The minimum atomic E-state index is 0.214. The number of benzene rings is 1. The fourth-order valence-electron chi connectivity index (χ4n) is 2.42. The molecule has 0 bridgehead atoms. The van der Waals surface area contributed by atoms with Crippen LogP contribution in [0.4, 0.5) is 0 Å². The molecule has 1 aliphatic carbocycles. The quantitative estimate of drug-likeness (QED) is 0.859. The van der Waals surface area contributed by atoms with E-state index in [1.807, 2.05) is 36.7 Å². The number of ketones is 1. The number of carbonyl (C=O) groups excluding carboxylic acids is 1. The van der Waals surface area contributed by atoms with Crippen LogP contribution in [0.3, 0.4) is 0 Å². The summed E-state index contributed by atoms with van der Waals surface area (Å²) in [6.07, 6.45) is 2.56. The van der Waals surface area contributed by atoms with Crippen molar-refractivity contribution in [3.05, 3.63) is 41.0 Å². The van der Waals surface area contributed by atoms with Crippen LogP contribution in [0.25, 0.3) is 0 Å². The normalized spacial score (nSPS) is 14.2. The summed E-state index contributed by atoms with van der Waals surface area (Å²) in [6, 6.07) is 5.75. The molecule has 3 rings (SSSR count). The highest BCUT2D eigenvalue weighted by Gasteiger charge is 2.17. The predicted octanol–water partition coefficient (Wildman–Crippen LogP) is 2.22. The summed E-state index contributed by atoms with van der Waals surface area (Å²) in [5, 5.41) is 8.04. The van der Waals surface area contributed by atoms with Crippen molar-refractivity contribution in [3.63, 3.8) is 0 Å². The van der Waals surface area contributed by atoms with Crippen LogP contribution < -0.4 is 4.74 Å². The fraction of sp³-hybridized carbons (Fsp3) is 0.400. The van der Waals surface area contributed by atoms with Gasteiger partial charge in [-0.25, -0.2) is 0 Å². The van der Waals surface area contributed by atoms with Gasteiger partial charge in [0.1, 0.15) is 18.2 Å². The minimum absolute atomic E-state index is 0.214. The van der Waals surface area contributed by atoms with Crippen molar-refractivity contribution in [2.75, 3.05) is 0 Å². The van der Waals surface area contributed by atoms with Crippen molar-refractivity contribution >= 4 is 5.78 Å². The van der Waals surface area contributed by atoms with E-state index in [-0.39, 0.29) is 5.78 Å². The van der Waals surface area contributed by atoms with Gasteiger partial charge in [-0.1, -0.05) is 6.07 Å². The van der Waals surface area contributed by atoms with E-state index < -0.39 is 0 Å². The maximum Gasteiger partial charge on any atom is 0.170 e. The van der Waals surface area contributed by atoms with Crippen LogP contribution in [0, 0.1) is 6.92 Å². The Bertz CT molecular complexity index is 661. The predicted molar refractivity (Wildman–Crippen MR) is 73.8 cm³/mol. The van der Waals surface area contributed by atoms with Gasteiger partial charge in [0.05, 0.1) is 0 Å². The summed E-state index contributed by atoms with van der Waals surface area (Å²) >= 11 is 0. The lowest BCUT2D eigenvalue weighted by molar-refractivity contribution is 0.0972. The maximum atomic E-state index is 11.9. The average molecular weight is 271 g/mol. The second-order valence-electron chi connectivity index (χ2n) is 5.11. The van der Waals surface area contributed by atoms with E-state index in [0.717, 1.165) is 35.6 Å². The highest BCUT2D eigenvalue weighted by Crippen LogP contribution is 2.25. The van der Waals surface area contributed by atoms with Crippen molar-refractivity contribution < 1.29 is 9.53 Å². The van der Waals surface area contributed by atoms with Crippen LogP contribution in [-0.2, 0) is 20.1 Å². The standard InChI is InChI=1S/C15H17N3O2/c1-10-16-17-15(18(10)2)9-20-12-7-6-11-4-3-5-14(19)13(11)8-12/h6-8H,3-5,9H2,1-2H3. The van der Waals surface area contributed by atoms with E-state index in [9.17, 15) is 4.79 Å². The number of rotatable bonds is 3. The molecule has 0 radical (unpaired) electrons. The first kappa shape index (κ1) is 12.8. The highest BCUT2D eigenvalue weighted by molar-refractivity contribution is 5.98. The van der Waals surface area contributed by atoms with Crippen LogP contribution in [0.1, 0.15) is 40.4 Å². The molecule has 0 saturated carbocycles. The molecule has 0 fully saturated rings. The molecule has 5 heteroatoms. The third-order valence-electron chi connectivity index (χ3n) is 3.78. The largest absolute Gasteiger partial charge is 0.486 e. The molecule has 0 saturated heterocycles. The van der Waals surface area contributed by atoms with Gasteiger partial charge in [-0.3, -0.25) is 4.79 Å². The zero-order chi connectivity index (χ0) is 14.1. The van der Waals surface area contributed by atoms with E-state index in [2.05, 4.69) is 10.2 Å². The number of carbonyl (C=O) groups is 1. The van der Waals surface area contributed by atoms with Crippen molar-refractivity contribution in [3.8, 4) is 5.75 Å². The van der Waals surface area contributed by atoms with Gasteiger partial charge in [0, 0.05) is 19.0 Å². The molecule has 20 heavy (non-hydrogen) atoms. The van der Waals surface area contributed by atoms with E-state index in [4.69, 9.17) is 4.74 Å². The van der Waals surface area contributed by atoms with Gasteiger partial charge in [0.15, 0.2) is 11.6 Å². The lowest BCUT2D eigenvalue weighted by Crippen LogP contribution is -2.11. The monoisotopic (exact) mass is 271 g/mol. The van der Waals surface area contributed by atoms with E-state index >= 15 is 0 Å². The number of nitrogens with zero attached hydrogens (tertiary/aromatic N) is 3. The molecule has 2 aromatic rings. The fourth-order valence-corrected chi connectivity index (χ4v) is 2.42. The number of hydrogen-bond donors (Lipinski definition) is 0. The zero-order valence-corrected chi connectivity index (χ0v) is 11.7. The molecule has 0 aliphatic heterocycles. The Morgan fingerprint density at radius 3 is 2.90 bits per heavy atom. The molecule has 0 unspecified atom stereocenters. The van der Waals surface area contributed by atoms with Crippen LogP contribution in [0.15, 0.2) is 18.2 Å². The highest BCUT2D eigenvalue weighted by atomic mass is 16.5. The van der Waals surface area contributed by atoms with Crippen molar-refractivity contribution in [2.24, 2.45) is 7.05 Å². The Hall–Kier alpha value is -2.17. The molecule has 1 aromatic carbocycles. The SMILES string of the molecule is Cc1nnc(COc2ccc3c(c2)C(=O)CCC3)n1C. The van der Waals surface area contributed by atoms with Crippen LogP contribution in [0.2, 0.25) is 0 Å². The van der Waals surface area contributed by atoms with Gasteiger partial charge in [-0.05, 0) is 37.5 Å². The average Bonchev–Trinajstić information content (AvgIpc) is 2.77. The van der Waals surface area contributed by atoms with Gasteiger partial charge in [0.2, 0.25) is 0 Å². The number of aromatic nitrogens is 3. The smallest absolute Gasteiger partial charge is 0.170 e. The topological polar surface area (TPSA) is 57.0 Å². The summed E-state index contributed by atoms with van der Waals surface area (Å²) < 4.78 is 7.62. The summed E-state index contributed by atoms with van der Waals surface area (Å²) in [5.41, 5.74) is 1.94. The maximum absolute atomic E-state index is 11.9. The van der Waals surface area contributed by atoms with Crippen molar-refractivity contribution in [1.82, 2.24) is 14.8 Å². The van der Waals surface area contributed by atoms with E-state index in [1.54, 1.807) is 0 Å². The molecule has 1 heterocycles. The minimum Gasteiger partial charge on any atom is -0.486 e. The van der Waals surface area contributed by atoms with Crippen LogP contribution >= 0.6 is 0 Å². The third-order valence-corrected chi connectivity index (χ3v) is 3.78. The number of fused-ring (bicyclic) bond motifs is 1. The molecule has 0 N–H and O–H groups in total. The lowest BCUT2D eigenvalue weighted by Gasteiger charge is -2.15. The van der Waals surface area contributed by atoms with Crippen molar-refractivity contribution in [2.45, 2.75) is 32.8 Å². The Morgan fingerprint density at radius 1 is 1.30 bits per heavy atom. The molecule has 104 valence electrons. The Balaban J connectivity index is 1.77. The van der Waals surface area contributed by atoms with E-state index in [1.165, 1.54) is 0 Å². The van der Waals surface area contributed by atoms with Crippen LogP contribution in [-0.4, -0.2) is 20.5 Å². The van der Waals surface area contributed by atoms with E-state index in [0.29, 0.717) is 18.8 Å². The first-order valence-corrected chi connectivity index (χ1v) is 6.79. The van der Waals surface area contributed by atoms with Gasteiger partial charge in [0.25, 0.3) is 0 Å². The summed E-state index contributed by atoms with van der Waals surface area (Å²) in [7, 11) is 1.91.